The molecule has 1 saturated carbocycles. The van der Waals surface area contributed by atoms with Crippen LogP contribution in [0.4, 0.5) is 0 Å². The largest absolute Gasteiger partial charge is 0.472 e. The molecule has 278 valence electrons. The van der Waals surface area contributed by atoms with Crippen LogP contribution in [0.15, 0.2) is 12.2 Å². The van der Waals surface area contributed by atoms with E-state index in [-0.39, 0.29) is 6.42 Å². The molecule has 0 aromatic rings. The molecule has 0 saturated heterocycles. The van der Waals surface area contributed by atoms with Crippen molar-refractivity contribution >= 4 is 13.7 Å². The summed E-state index contributed by atoms with van der Waals surface area (Å²) < 4.78 is 22.6. The van der Waals surface area contributed by atoms with Gasteiger partial charge in [-0.05, 0) is 19.3 Å². The van der Waals surface area contributed by atoms with Gasteiger partial charge in [0.05, 0.1) is 31.3 Å². The molecule has 0 heterocycles. The van der Waals surface area contributed by atoms with E-state index in [0.29, 0.717) is 12.8 Å². The van der Waals surface area contributed by atoms with Crippen molar-refractivity contribution in [3.05, 3.63) is 12.2 Å². The minimum atomic E-state index is -5.12. The first-order valence-corrected chi connectivity index (χ1v) is 19.2. The summed E-state index contributed by atoms with van der Waals surface area (Å²) in [6.45, 7) is 3.60. The van der Waals surface area contributed by atoms with Crippen LogP contribution in [0.5, 0.6) is 0 Å². The first kappa shape index (κ1) is 44.1. The number of aliphatic hydroxyl groups is 7. The van der Waals surface area contributed by atoms with E-state index in [0.717, 1.165) is 57.8 Å². The molecule has 1 fully saturated rings. The van der Waals surface area contributed by atoms with Crippen molar-refractivity contribution in [2.45, 2.75) is 184 Å². The van der Waals surface area contributed by atoms with Gasteiger partial charge in [-0.25, -0.2) is 4.57 Å². The second kappa shape index (κ2) is 25.1. The molecule has 8 unspecified atom stereocenters. The number of carbonyl (C=O) groups excluding carboxylic acids is 1. The van der Waals surface area contributed by atoms with Gasteiger partial charge in [0.2, 0.25) is 5.91 Å². The van der Waals surface area contributed by atoms with E-state index in [2.05, 4.69) is 19.2 Å². The van der Waals surface area contributed by atoms with Gasteiger partial charge in [-0.15, -0.1) is 0 Å². The highest BCUT2D eigenvalue weighted by Gasteiger charge is 2.51. The van der Waals surface area contributed by atoms with Crippen molar-refractivity contribution in [3.8, 4) is 0 Å². The zero-order chi connectivity index (χ0) is 35.2. The number of phosphoric ester groups is 1. The molecule has 0 aromatic heterocycles. The third kappa shape index (κ3) is 18.6. The quantitative estimate of drug-likeness (QED) is 0.0343. The van der Waals surface area contributed by atoms with E-state index < -0.39 is 75.2 Å². The summed E-state index contributed by atoms with van der Waals surface area (Å²) >= 11 is 0. The number of allylic oxidation sites excluding steroid dienone is 1. The fourth-order valence-electron chi connectivity index (χ4n) is 5.59. The van der Waals surface area contributed by atoms with E-state index in [1.54, 1.807) is 6.08 Å². The summed E-state index contributed by atoms with van der Waals surface area (Å²) in [6, 6.07) is -1.23. The van der Waals surface area contributed by atoms with E-state index in [1.165, 1.54) is 44.6 Å². The van der Waals surface area contributed by atoms with Crippen LogP contribution in [0.2, 0.25) is 0 Å². The van der Waals surface area contributed by atoms with Crippen molar-refractivity contribution in [2.24, 2.45) is 0 Å². The predicted octanol–water partition coefficient (Wildman–Crippen LogP) is 3.13. The summed E-state index contributed by atoms with van der Waals surface area (Å²) in [5.41, 5.74) is 0. The van der Waals surface area contributed by atoms with Crippen molar-refractivity contribution in [3.63, 3.8) is 0 Å². The standard InChI is InChI=1S/C33H64NO12P/c1-3-5-7-9-11-13-14-16-18-20-24(35)22-27(37)34-25(26(36)21-19-17-15-12-10-8-6-4-2)23-45-47(43,44)46-33-31(41)29(39)28(38)30(40)32(33)42/h19,21,24-26,28-33,35-36,38-42H,3-18,20,22-23H2,1-2H3,(H,34,37)(H,43,44)/b21-19+. The van der Waals surface area contributed by atoms with Gasteiger partial charge < -0.3 is 46.0 Å². The van der Waals surface area contributed by atoms with Gasteiger partial charge >= 0.3 is 7.82 Å². The van der Waals surface area contributed by atoms with E-state index in [4.69, 9.17) is 9.05 Å². The van der Waals surface area contributed by atoms with Gasteiger partial charge in [-0.1, -0.05) is 116 Å². The lowest BCUT2D eigenvalue weighted by molar-refractivity contribution is -0.220. The maximum absolute atomic E-state index is 12.8. The fourth-order valence-corrected chi connectivity index (χ4v) is 6.56. The number of amides is 1. The van der Waals surface area contributed by atoms with Crippen molar-refractivity contribution < 1.29 is 59.0 Å². The Morgan fingerprint density at radius 3 is 1.74 bits per heavy atom. The summed E-state index contributed by atoms with van der Waals surface area (Å²) in [7, 11) is -5.12. The Morgan fingerprint density at radius 1 is 0.745 bits per heavy atom. The third-order valence-electron chi connectivity index (χ3n) is 8.62. The molecule has 1 aliphatic carbocycles. The molecule has 1 rings (SSSR count). The molecule has 13 nitrogen and oxygen atoms in total. The molecule has 9 N–H and O–H groups in total. The summed E-state index contributed by atoms with van der Waals surface area (Å²) in [4.78, 5) is 23.1. The van der Waals surface area contributed by atoms with Gasteiger partial charge in [0.25, 0.3) is 0 Å². The van der Waals surface area contributed by atoms with Crippen molar-refractivity contribution in [1.82, 2.24) is 5.32 Å². The smallest absolute Gasteiger partial charge is 0.393 e. The Balaban J connectivity index is 2.71. The molecule has 0 bridgehead atoms. The van der Waals surface area contributed by atoms with E-state index >= 15 is 0 Å². The average Bonchev–Trinajstić information content (AvgIpc) is 3.03. The second-order valence-electron chi connectivity index (χ2n) is 12.9. The minimum Gasteiger partial charge on any atom is -0.393 e. The Labute approximate surface area is 281 Å². The zero-order valence-electron chi connectivity index (χ0n) is 28.4. The van der Waals surface area contributed by atoms with Gasteiger partial charge in [0, 0.05) is 0 Å². The number of carbonyl (C=O) groups is 1. The van der Waals surface area contributed by atoms with Crippen LogP contribution in [0.25, 0.3) is 0 Å². The molecule has 1 aliphatic rings. The molecular formula is C33H64NO12P. The number of rotatable bonds is 27. The monoisotopic (exact) mass is 697 g/mol. The number of nitrogens with one attached hydrogen (secondary N) is 1. The summed E-state index contributed by atoms with van der Waals surface area (Å²) in [6.07, 6.45) is 6.53. The molecule has 0 aromatic carbocycles. The van der Waals surface area contributed by atoms with Crippen LogP contribution in [0, 0.1) is 0 Å². The molecule has 0 aliphatic heterocycles. The van der Waals surface area contributed by atoms with Crippen molar-refractivity contribution in [1.29, 1.82) is 0 Å². The Morgan fingerprint density at radius 2 is 1.21 bits per heavy atom. The highest BCUT2D eigenvalue weighted by molar-refractivity contribution is 7.47. The SMILES string of the molecule is CCCCCCCC/C=C/C(O)C(COP(=O)(O)OC1C(O)C(O)C(O)C(O)C1O)NC(=O)CC(O)CCCCCCCCCCC. The second-order valence-corrected chi connectivity index (χ2v) is 14.3. The maximum atomic E-state index is 12.8. The average molecular weight is 698 g/mol. The number of unbranched alkanes of at least 4 members (excludes halogenated alkanes) is 14. The van der Waals surface area contributed by atoms with E-state index in [1.807, 2.05) is 0 Å². The highest BCUT2D eigenvalue weighted by Crippen LogP contribution is 2.47. The molecule has 8 atom stereocenters. The minimum absolute atomic E-state index is 0.243. The van der Waals surface area contributed by atoms with Gasteiger partial charge in [-0.3, -0.25) is 13.8 Å². The number of hydrogen-bond acceptors (Lipinski definition) is 11. The highest BCUT2D eigenvalue weighted by atomic mass is 31.2. The molecule has 0 spiro atoms. The maximum Gasteiger partial charge on any atom is 0.472 e. The summed E-state index contributed by atoms with van der Waals surface area (Å²) in [5, 5.41) is 73.6. The molecule has 0 radical (unpaired) electrons. The zero-order valence-corrected chi connectivity index (χ0v) is 29.3. The van der Waals surface area contributed by atoms with Crippen LogP contribution in [-0.2, 0) is 18.4 Å². The summed E-state index contributed by atoms with van der Waals surface area (Å²) in [5.74, 6) is -0.600. The number of hydrogen-bond donors (Lipinski definition) is 9. The number of phosphoric acid groups is 1. The van der Waals surface area contributed by atoms with Gasteiger partial charge in [0.1, 0.15) is 36.6 Å². The Hall–Kier alpha value is -0.960. The fraction of sp³-hybridized carbons (Fsp3) is 0.909. The van der Waals surface area contributed by atoms with Crippen LogP contribution < -0.4 is 5.32 Å². The normalized spacial score (nSPS) is 26.6. The van der Waals surface area contributed by atoms with Crippen LogP contribution in [0.1, 0.15) is 129 Å². The van der Waals surface area contributed by atoms with Crippen LogP contribution in [0.3, 0.4) is 0 Å². The Kier molecular flexibility index (Phi) is 23.5. The molecule has 14 heteroatoms. The van der Waals surface area contributed by atoms with Crippen molar-refractivity contribution in [2.75, 3.05) is 6.61 Å². The van der Waals surface area contributed by atoms with Gasteiger partial charge in [0.15, 0.2) is 0 Å². The first-order valence-electron chi connectivity index (χ1n) is 17.7. The number of aliphatic hydroxyl groups excluding tert-OH is 7. The molecule has 47 heavy (non-hydrogen) atoms. The van der Waals surface area contributed by atoms with Crippen LogP contribution in [-0.4, -0.2) is 108 Å². The van der Waals surface area contributed by atoms with Crippen LogP contribution >= 0.6 is 7.82 Å². The molecular weight excluding hydrogens is 633 g/mol. The van der Waals surface area contributed by atoms with Gasteiger partial charge in [-0.2, -0.15) is 0 Å². The lowest BCUT2D eigenvalue weighted by Gasteiger charge is -2.41. The third-order valence-corrected chi connectivity index (χ3v) is 9.61. The topological polar surface area (TPSA) is 226 Å². The first-order chi connectivity index (χ1) is 22.3. The van der Waals surface area contributed by atoms with E-state index in [9.17, 15) is 50.0 Å². The predicted molar refractivity (Wildman–Crippen MR) is 178 cm³/mol. The lowest BCUT2D eigenvalue weighted by Crippen LogP contribution is -2.64. The molecule has 1 amide bonds. The Bertz CT molecular complexity index is 880. The lowest BCUT2D eigenvalue weighted by atomic mass is 9.85.